The first-order valence-electron chi connectivity index (χ1n) is 4.90. The molecule has 0 aromatic rings. The Morgan fingerprint density at radius 1 is 0.643 bits per heavy atom. The lowest BCUT2D eigenvalue weighted by molar-refractivity contribution is 0.185. The third kappa shape index (κ3) is 9.99. The predicted octanol–water partition coefficient (Wildman–Crippen LogP) is -0.945. The molecule has 0 rings (SSSR count). The van der Waals surface area contributed by atoms with Crippen LogP contribution in [-0.4, -0.2) is 68.1 Å². The van der Waals surface area contributed by atoms with Gasteiger partial charge in [-0.3, -0.25) is 0 Å². The minimum Gasteiger partial charge on any atom is -1.00 e. The molecule has 0 saturated heterocycles. The zero-order valence-corrected chi connectivity index (χ0v) is 8.73. The summed E-state index contributed by atoms with van der Waals surface area (Å²) in [5.74, 6) is 0. The second-order valence-corrected chi connectivity index (χ2v) is 3.07. The van der Waals surface area contributed by atoms with Crippen molar-refractivity contribution in [3.05, 3.63) is 0 Å². The molecule has 0 bridgehead atoms. The molecule has 0 fully saturated rings. The monoisotopic (exact) mass is 202 g/mol. The van der Waals surface area contributed by atoms with Crippen LogP contribution in [0.2, 0.25) is 0 Å². The second-order valence-electron chi connectivity index (χ2n) is 3.07. The molecular weight excluding hydrogens is 181 g/mol. The van der Waals surface area contributed by atoms with E-state index in [9.17, 15) is 0 Å². The van der Waals surface area contributed by atoms with E-state index in [-0.39, 0.29) is 28.2 Å². The molecule has 0 aliphatic heterocycles. The van der Waals surface area contributed by atoms with Crippen LogP contribution in [0.15, 0.2) is 0 Å². The molecule has 84 valence electrons. The minimum absolute atomic E-state index is 0. The highest BCUT2D eigenvalue weighted by atomic mass is 16.3. The van der Waals surface area contributed by atoms with Crippen LogP contribution in [0.5, 0.6) is 0 Å². The molecule has 5 heteroatoms. The van der Waals surface area contributed by atoms with Gasteiger partial charge in [-0.15, -0.1) is 0 Å². The summed E-state index contributed by atoms with van der Waals surface area (Å²) in [5, 5.41) is 25.9. The van der Waals surface area contributed by atoms with Gasteiger partial charge < -0.3 is 28.6 Å². The highest BCUT2D eigenvalue weighted by Crippen LogP contribution is 1.95. The number of rotatable bonds is 9. The molecule has 4 nitrogen and oxygen atoms in total. The SMILES string of the molecule is OCCCN(CCCO)CCCO.[B-]. The maximum Gasteiger partial charge on any atom is 0.0443 e. The van der Waals surface area contributed by atoms with Crippen LogP contribution in [0.3, 0.4) is 0 Å². The van der Waals surface area contributed by atoms with Crippen LogP contribution in [0, 0.1) is 0 Å². The fourth-order valence-electron chi connectivity index (χ4n) is 1.22. The summed E-state index contributed by atoms with van der Waals surface area (Å²) in [6.45, 7) is 3.14. The van der Waals surface area contributed by atoms with Crippen molar-refractivity contribution in [2.75, 3.05) is 39.5 Å². The fraction of sp³-hybridized carbons (Fsp3) is 1.00. The zero-order chi connectivity index (χ0) is 9.94. The Morgan fingerprint density at radius 2 is 0.929 bits per heavy atom. The van der Waals surface area contributed by atoms with Crippen molar-refractivity contribution in [1.29, 1.82) is 0 Å². The Morgan fingerprint density at radius 3 is 1.14 bits per heavy atom. The molecule has 0 saturated carbocycles. The average molecular weight is 202 g/mol. The van der Waals surface area contributed by atoms with Gasteiger partial charge in [0.1, 0.15) is 0 Å². The van der Waals surface area contributed by atoms with E-state index in [1.165, 1.54) is 0 Å². The highest BCUT2D eigenvalue weighted by molar-refractivity contribution is 5.75. The molecule has 0 aromatic carbocycles. The molecule has 0 aliphatic carbocycles. The van der Waals surface area contributed by atoms with Gasteiger partial charge in [0, 0.05) is 39.5 Å². The Kier molecular flexibility index (Phi) is 15.1. The summed E-state index contributed by atoms with van der Waals surface area (Å²) in [7, 11) is 0. The molecule has 14 heavy (non-hydrogen) atoms. The molecule has 0 spiro atoms. The Labute approximate surface area is 88.1 Å². The van der Waals surface area contributed by atoms with Gasteiger partial charge in [-0.25, -0.2) is 0 Å². The van der Waals surface area contributed by atoms with E-state index >= 15 is 0 Å². The van der Waals surface area contributed by atoms with E-state index in [0.717, 1.165) is 38.9 Å². The lowest BCUT2D eigenvalue weighted by Crippen LogP contribution is -2.28. The number of hydrogen-bond donors (Lipinski definition) is 3. The smallest absolute Gasteiger partial charge is 0.0443 e. The van der Waals surface area contributed by atoms with Gasteiger partial charge in [-0.05, 0) is 19.3 Å². The van der Waals surface area contributed by atoms with Crippen molar-refractivity contribution in [2.45, 2.75) is 19.3 Å². The van der Waals surface area contributed by atoms with Gasteiger partial charge in [-0.2, -0.15) is 0 Å². The minimum atomic E-state index is 0. The maximum absolute atomic E-state index is 8.64. The molecule has 4 radical (unpaired) electrons. The number of hydrogen-bond acceptors (Lipinski definition) is 4. The molecule has 0 heterocycles. The topological polar surface area (TPSA) is 63.9 Å². The quantitative estimate of drug-likeness (QED) is 0.422. The van der Waals surface area contributed by atoms with Gasteiger partial charge >= 0.3 is 0 Å². The van der Waals surface area contributed by atoms with Gasteiger partial charge in [-0.1, -0.05) is 0 Å². The second kappa shape index (κ2) is 12.9. The molecule has 0 aliphatic rings. The standard InChI is InChI=1S/C9H21NO3.B/c11-7-1-4-10(5-2-8-12)6-3-9-13;/h11-13H,1-9H2;/q;-1. The highest BCUT2D eigenvalue weighted by Gasteiger charge is 2.02. The molecule has 3 N–H and O–H groups in total. The van der Waals surface area contributed by atoms with Gasteiger partial charge in [0.25, 0.3) is 0 Å². The van der Waals surface area contributed by atoms with Gasteiger partial charge in [0.05, 0.1) is 0 Å². The zero-order valence-electron chi connectivity index (χ0n) is 8.73. The van der Waals surface area contributed by atoms with Gasteiger partial charge in [0.15, 0.2) is 0 Å². The lowest BCUT2D eigenvalue weighted by atomic mass is 10.3. The summed E-state index contributed by atoms with van der Waals surface area (Å²) < 4.78 is 0. The molecular formula is C9H21BNO3-. The van der Waals surface area contributed by atoms with Crippen LogP contribution < -0.4 is 0 Å². The number of aliphatic hydroxyl groups is 3. The largest absolute Gasteiger partial charge is 1.00 e. The van der Waals surface area contributed by atoms with Crippen LogP contribution in [0.4, 0.5) is 0 Å². The normalized spacial score (nSPS) is 10.3. The third-order valence-electron chi connectivity index (χ3n) is 1.90. The van der Waals surface area contributed by atoms with Gasteiger partial charge in [0.2, 0.25) is 0 Å². The summed E-state index contributed by atoms with van der Waals surface area (Å²) in [6.07, 6.45) is 2.28. The number of aliphatic hydroxyl groups excluding tert-OH is 3. The van der Waals surface area contributed by atoms with E-state index in [2.05, 4.69) is 4.90 Å². The molecule has 0 amide bonds. The van der Waals surface area contributed by atoms with E-state index < -0.39 is 0 Å². The third-order valence-corrected chi connectivity index (χ3v) is 1.90. The van der Waals surface area contributed by atoms with Crippen LogP contribution in [0.25, 0.3) is 0 Å². The first-order chi connectivity index (χ1) is 6.35. The van der Waals surface area contributed by atoms with Crippen molar-refractivity contribution >= 4 is 8.41 Å². The summed E-state index contributed by atoms with van der Waals surface area (Å²) in [6, 6.07) is 0. The van der Waals surface area contributed by atoms with Crippen molar-refractivity contribution in [2.24, 2.45) is 0 Å². The van der Waals surface area contributed by atoms with E-state index in [0.29, 0.717) is 0 Å². The van der Waals surface area contributed by atoms with Crippen molar-refractivity contribution < 1.29 is 15.3 Å². The van der Waals surface area contributed by atoms with E-state index in [1.807, 2.05) is 0 Å². The first-order valence-corrected chi connectivity index (χ1v) is 4.90. The van der Waals surface area contributed by atoms with Crippen molar-refractivity contribution in [3.8, 4) is 0 Å². The summed E-state index contributed by atoms with van der Waals surface area (Å²) >= 11 is 0. The Bertz CT molecular complexity index is 87.0. The predicted molar refractivity (Wildman–Crippen MR) is 57.3 cm³/mol. The Hall–Kier alpha value is -0.0951. The number of nitrogens with zero attached hydrogens (tertiary/aromatic N) is 1. The molecule has 0 unspecified atom stereocenters. The average Bonchev–Trinajstić information content (AvgIpc) is 2.17. The maximum atomic E-state index is 8.64. The molecule has 0 atom stereocenters. The van der Waals surface area contributed by atoms with Crippen molar-refractivity contribution in [3.63, 3.8) is 0 Å². The fourth-order valence-corrected chi connectivity index (χ4v) is 1.22. The van der Waals surface area contributed by atoms with E-state index in [1.54, 1.807) is 0 Å². The van der Waals surface area contributed by atoms with Crippen LogP contribution >= 0.6 is 0 Å². The summed E-state index contributed by atoms with van der Waals surface area (Å²) in [4.78, 5) is 2.16. The van der Waals surface area contributed by atoms with Crippen molar-refractivity contribution in [1.82, 2.24) is 4.90 Å². The molecule has 0 aromatic heterocycles. The van der Waals surface area contributed by atoms with Crippen LogP contribution in [0.1, 0.15) is 19.3 Å². The lowest BCUT2D eigenvalue weighted by Gasteiger charge is -2.20. The first kappa shape index (κ1) is 16.3. The van der Waals surface area contributed by atoms with Crippen LogP contribution in [-0.2, 0) is 0 Å². The van der Waals surface area contributed by atoms with E-state index in [4.69, 9.17) is 15.3 Å². The Balaban J connectivity index is 0. The summed E-state index contributed by atoms with van der Waals surface area (Å²) in [5.41, 5.74) is 0.